The summed E-state index contributed by atoms with van der Waals surface area (Å²) in [4.78, 5) is 24.5. The van der Waals surface area contributed by atoms with Crippen LogP contribution in [0.25, 0.3) is 0 Å². The van der Waals surface area contributed by atoms with Gasteiger partial charge >= 0.3 is 6.03 Å². The van der Waals surface area contributed by atoms with Crippen LogP contribution in [-0.2, 0) is 4.79 Å². The number of hydrogen-bond donors (Lipinski definition) is 4. The number of urea groups is 1. The summed E-state index contributed by atoms with van der Waals surface area (Å²) in [6.45, 7) is 6.10. The number of carbonyl (C=O) groups excluding carboxylic acids is 2. The van der Waals surface area contributed by atoms with Gasteiger partial charge in [-0.3, -0.25) is 4.79 Å². The summed E-state index contributed by atoms with van der Waals surface area (Å²) >= 11 is 3.35. The Morgan fingerprint density at radius 1 is 1.43 bits per heavy atom. The maximum absolute atomic E-state index is 12.5. The van der Waals surface area contributed by atoms with Gasteiger partial charge < -0.3 is 21.1 Å². The first-order valence-corrected chi connectivity index (χ1v) is 8.22. The number of phenols is 1. The number of likely N-dealkylation sites (N-methyl/N-ethyl adjacent to an activating group) is 1. The highest BCUT2D eigenvalue weighted by Crippen LogP contribution is 2.35. The van der Waals surface area contributed by atoms with E-state index in [2.05, 4.69) is 31.9 Å². The number of nitrogens with one attached hydrogen (secondary N) is 3. The third-order valence-electron chi connectivity index (χ3n) is 3.56. The Kier molecular flexibility index (Phi) is 5.30. The highest BCUT2D eigenvalue weighted by molar-refractivity contribution is 9.10. The van der Waals surface area contributed by atoms with Crippen molar-refractivity contribution < 1.29 is 14.7 Å². The average Bonchev–Trinajstić information content (AvgIpc) is 2.48. The summed E-state index contributed by atoms with van der Waals surface area (Å²) in [6.07, 6.45) is 0. The summed E-state index contributed by atoms with van der Waals surface area (Å²) in [5.74, 6) is -0.297. The summed E-state index contributed by atoms with van der Waals surface area (Å²) in [5, 5.41) is 18.4. The third kappa shape index (κ3) is 3.67. The van der Waals surface area contributed by atoms with Gasteiger partial charge in [0, 0.05) is 22.3 Å². The largest absolute Gasteiger partial charge is 0.508 e. The zero-order valence-electron chi connectivity index (χ0n) is 13.2. The van der Waals surface area contributed by atoms with E-state index in [0.29, 0.717) is 23.4 Å². The minimum Gasteiger partial charge on any atom is -0.508 e. The van der Waals surface area contributed by atoms with E-state index in [0.717, 1.165) is 4.47 Å². The minimum absolute atomic E-state index is 0.0188. The molecule has 0 saturated carbocycles. The van der Waals surface area contributed by atoms with Gasteiger partial charge in [0.2, 0.25) is 0 Å². The third-order valence-corrected chi connectivity index (χ3v) is 4.06. The van der Waals surface area contributed by atoms with E-state index in [1.807, 2.05) is 20.8 Å². The molecule has 1 aromatic rings. The second-order valence-electron chi connectivity index (χ2n) is 5.58. The van der Waals surface area contributed by atoms with Crippen molar-refractivity contribution in [1.29, 1.82) is 0 Å². The lowest BCUT2D eigenvalue weighted by Crippen LogP contribution is -2.48. The highest BCUT2D eigenvalue weighted by atomic mass is 79.9. The summed E-state index contributed by atoms with van der Waals surface area (Å²) < 4.78 is 0.749. The van der Waals surface area contributed by atoms with Crippen molar-refractivity contribution in [3.05, 3.63) is 39.5 Å². The molecule has 124 valence electrons. The van der Waals surface area contributed by atoms with Crippen LogP contribution in [0.15, 0.2) is 33.9 Å². The van der Waals surface area contributed by atoms with Crippen molar-refractivity contribution in [3.63, 3.8) is 0 Å². The molecule has 1 heterocycles. The van der Waals surface area contributed by atoms with Crippen molar-refractivity contribution >= 4 is 27.9 Å². The number of amides is 3. The molecule has 1 aliphatic heterocycles. The Bertz CT molecular complexity index is 671. The average molecular weight is 382 g/mol. The number of rotatable bonds is 4. The first kappa shape index (κ1) is 17.3. The van der Waals surface area contributed by atoms with Crippen LogP contribution in [0.1, 0.15) is 32.4 Å². The molecule has 0 fully saturated rings. The molecule has 3 amide bonds. The first-order chi connectivity index (χ1) is 10.8. The molecule has 1 aliphatic rings. The van der Waals surface area contributed by atoms with Crippen LogP contribution in [0.3, 0.4) is 0 Å². The predicted octanol–water partition coefficient (Wildman–Crippen LogP) is 2.55. The van der Waals surface area contributed by atoms with Crippen molar-refractivity contribution in [2.45, 2.75) is 26.8 Å². The number of halogens is 1. The van der Waals surface area contributed by atoms with E-state index < -0.39 is 12.1 Å². The van der Waals surface area contributed by atoms with E-state index in [9.17, 15) is 14.7 Å². The SMILES string of the molecule is CCNC(=O)C1=C(C(C)C)NC(=O)NC1c1cc(Br)ccc1O. The minimum atomic E-state index is -0.717. The number of allylic oxidation sites excluding steroid dienone is 1. The summed E-state index contributed by atoms with van der Waals surface area (Å²) in [7, 11) is 0. The van der Waals surface area contributed by atoms with Gasteiger partial charge in [-0.05, 0) is 31.0 Å². The fourth-order valence-corrected chi connectivity index (χ4v) is 2.92. The number of benzene rings is 1. The Labute approximate surface area is 143 Å². The number of phenolic OH excluding ortho intramolecular Hbond substituents is 1. The molecule has 6 nitrogen and oxygen atoms in total. The van der Waals surface area contributed by atoms with Gasteiger partial charge in [0.05, 0.1) is 11.6 Å². The van der Waals surface area contributed by atoms with Gasteiger partial charge in [-0.15, -0.1) is 0 Å². The molecule has 0 bridgehead atoms. The van der Waals surface area contributed by atoms with E-state index in [4.69, 9.17) is 0 Å². The molecule has 1 unspecified atom stereocenters. The fourth-order valence-electron chi connectivity index (χ4n) is 2.54. The van der Waals surface area contributed by atoms with Gasteiger partial charge in [-0.25, -0.2) is 4.79 Å². The van der Waals surface area contributed by atoms with Crippen LogP contribution >= 0.6 is 15.9 Å². The molecular formula is C16H20BrN3O3. The Morgan fingerprint density at radius 2 is 2.13 bits per heavy atom. The molecule has 0 saturated heterocycles. The maximum atomic E-state index is 12.5. The van der Waals surface area contributed by atoms with Crippen LogP contribution in [-0.4, -0.2) is 23.6 Å². The number of aromatic hydroxyl groups is 1. The van der Waals surface area contributed by atoms with Crippen LogP contribution in [0.2, 0.25) is 0 Å². The molecule has 1 aromatic carbocycles. The maximum Gasteiger partial charge on any atom is 0.319 e. The van der Waals surface area contributed by atoms with Crippen LogP contribution in [0, 0.1) is 5.92 Å². The molecule has 2 rings (SSSR count). The monoisotopic (exact) mass is 381 g/mol. The van der Waals surface area contributed by atoms with Gasteiger partial charge in [-0.1, -0.05) is 29.8 Å². The molecule has 0 aliphatic carbocycles. The topological polar surface area (TPSA) is 90.5 Å². The Balaban J connectivity index is 2.62. The van der Waals surface area contributed by atoms with Crippen molar-refractivity contribution in [2.24, 2.45) is 5.92 Å². The van der Waals surface area contributed by atoms with Gasteiger partial charge in [-0.2, -0.15) is 0 Å². The fraction of sp³-hybridized carbons (Fsp3) is 0.375. The van der Waals surface area contributed by atoms with E-state index in [1.54, 1.807) is 12.1 Å². The molecule has 1 atom stereocenters. The standard InChI is InChI=1S/C16H20BrN3O3/c1-4-18-15(22)12-13(8(2)3)19-16(23)20-14(12)10-7-9(17)5-6-11(10)21/h5-8,14,21H,4H2,1-3H3,(H,18,22)(H2,19,20,23). The van der Waals surface area contributed by atoms with Gasteiger partial charge in [0.15, 0.2) is 0 Å². The molecule has 23 heavy (non-hydrogen) atoms. The number of carbonyl (C=O) groups is 2. The molecule has 7 heteroatoms. The van der Waals surface area contributed by atoms with E-state index in [1.165, 1.54) is 6.07 Å². The van der Waals surface area contributed by atoms with Crippen LogP contribution in [0.5, 0.6) is 5.75 Å². The molecule has 0 aromatic heterocycles. The first-order valence-electron chi connectivity index (χ1n) is 7.43. The lowest BCUT2D eigenvalue weighted by atomic mass is 9.90. The predicted molar refractivity (Wildman–Crippen MR) is 90.8 cm³/mol. The lowest BCUT2D eigenvalue weighted by Gasteiger charge is -2.31. The Hall–Kier alpha value is -2.02. The van der Waals surface area contributed by atoms with Crippen molar-refractivity contribution in [2.75, 3.05) is 6.54 Å². The molecular weight excluding hydrogens is 362 g/mol. The normalized spacial score (nSPS) is 17.8. The quantitative estimate of drug-likeness (QED) is 0.645. The van der Waals surface area contributed by atoms with Crippen molar-refractivity contribution in [3.8, 4) is 5.75 Å². The number of hydrogen-bond acceptors (Lipinski definition) is 3. The molecule has 0 spiro atoms. The van der Waals surface area contributed by atoms with Crippen LogP contribution < -0.4 is 16.0 Å². The Morgan fingerprint density at radius 3 is 2.74 bits per heavy atom. The van der Waals surface area contributed by atoms with Crippen molar-refractivity contribution in [1.82, 2.24) is 16.0 Å². The van der Waals surface area contributed by atoms with Gasteiger partial charge in [0.25, 0.3) is 5.91 Å². The van der Waals surface area contributed by atoms with Crippen LogP contribution in [0.4, 0.5) is 4.79 Å². The second-order valence-corrected chi connectivity index (χ2v) is 6.49. The van der Waals surface area contributed by atoms with Gasteiger partial charge in [0.1, 0.15) is 5.75 Å². The molecule has 4 N–H and O–H groups in total. The van der Waals surface area contributed by atoms with E-state index in [-0.39, 0.29) is 17.6 Å². The lowest BCUT2D eigenvalue weighted by molar-refractivity contribution is -0.117. The zero-order chi connectivity index (χ0) is 17.1. The second kappa shape index (κ2) is 7.04. The molecule has 0 radical (unpaired) electrons. The van der Waals surface area contributed by atoms with E-state index >= 15 is 0 Å². The summed E-state index contributed by atoms with van der Waals surface area (Å²) in [6, 6.07) is 3.80. The highest BCUT2D eigenvalue weighted by Gasteiger charge is 2.34. The summed E-state index contributed by atoms with van der Waals surface area (Å²) in [5.41, 5.74) is 1.44. The smallest absolute Gasteiger partial charge is 0.319 e. The zero-order valence-corrected chi connectivity index (χ0v) is 14.8.